The highest BCUT2D eigenvalue weighted by atomic mass is 32.2. The van der Waals surface area contributed by atoms with Crippen molar-refractivity contribution in [2.45, 2.75) is 18.2 Å². The predicted octanol–water partition coefficient (Wildman–Crippen LogP) is 4.40. The number of hydrogen-bond donors (Lipinski definition) is 3. The lowest BCUT2D eigenvalue weighted by Crippen LogP contribution is -2.07. The van der Waals surface area contributed by atoms with Crippen LogP contribution in [0.4, 0.5) is 23.0 Å². The van der Waals surface area contributed by atoms with Gasteiger partial charge in [-0.15, -0.1) is 0 Å². The zero-order valence-electron chi connectivity index (χ0n) is 20.3. The molecule has 0 saturated heterocycles. The van der Waals surface area contributed by atoms with E-state index in [0.29, 0.717) is 57.0 Å². The molecule has 0 spiro atoms. The fourth-order valence-electron chi connectivity index (χ4n) is 3.49. The SMILES string of the molecule is CCC(=O)c1cnc(Nc2ccc(S(C)(=N)=O)cn2)cc1Nc1cccc(-c2ncn(C)n2)c1OC. The number of pyridine rings is 2. The number of benzene rings is 1. The molecule has 0 aliphatic heterocycles. The smallest absolute Gasteiger partial charge is 0.184 e. The summed E-state index contributed by atoms with van der Waals surface area (Å²) in [7, 11) is 0.491. The van der Waals surface area contributed by atoms with E-state index in [1.807, 2.05) is 18.2 Å². The first-order chi connectivity index (χ1) is 17.2. The number of aromatic nitrogens is 5. The van der Waals surface area contributed by atoms with Crippen LogP contribution in [0.25, 0.3) is 11.4 Å². The number of anilines is 4. The van der Waals surface area contributed by atoms with Crippen molar-refractivity contribution in [1.82, 2.24) is 24.7 Å². The number of rotatable bonds is 9. The number of carbonyl (C=O) groups is 1. The summed E-state index contributed by atoms with van der Waals surface area (Å²) in [5, 5.41) is 10.8. The maximum Gasteiger partial charge on any atom is 0.184 e. The van der Waals surface area contributed by atoms with Crippen molar-refractivity contribution >= 4 is 38.5 Å². The molecule has 3 heterocycles. The van der Waals surface area contributed by atoms with Crippen LogP contribution in [0, 0.1) is 4.78 Å². The molecular formula is C24H26N8O3S. The molecule has 0 bridgehead atoms. The quantitative estimate of drug-likeness (QED) is 0.281. The Bertz CT molecular complexity index is 1510. The lowest BCUT2D eigenvalue weighted by atomic mass is 10.1. The molecule has 0 aliphatic rings. The Morgan fingerprint density at radius 3 is 2.47 bits per heavy atom. The van der Waals surface area contributed by atoms with Gasteiger partial charge in [0.1, 0.15) is 18.0 Å². The maximum atomic E-state index is 12.7. The predicted molar refractivity (Wildman–Crippen MR) is 138 cm³/mol. The summed E-state index contributed by atoms with van der Waals surface area (Å²) < 4.78 is 26.9. The molecule has 3 N–H and O–H groups in total. The van der Waals surface area contributed by atoms with Gasteiger partial charge < -0.3 is 15.4 Å². The van der Waals surface area contributed by atoms with E-state index < -0.39 is 9.73 Å². The Labute approximate surface area is 209 Å². The van der Waals surface area contributed by atoms with Crippen LogP contribution < -0.4 is 15.4 Å². The van der Waals surface area contributed by atoms with Crippen LogP contribution in [-0.4, -0.2) is 48.1 Å². The van der Waals surface area contributed by atoms with Crippen molar-refractivity contribution in [1.29, 1.82) is 4.78 Å². The van der Waals surface area contributed by atoms with Crippen LogP contribution in [0.15, 0.2) is 60.0 Å². The first kappa shape index (κ1) is 24.8. The molecule has 0 aliphatic carbocycles. The summed E-state index contributed by atoms with van der Waals surface area (Å²) >= 11 is 0. The molecular weight excluding hydrogens is 480 g/mol. The van der Waals surface area contributed by atoms with E-state index >= 15 is 0 Å². The number of para-hydroxylation sites is 1. The van der Waals surface area contributed by atoms with Gasteiger partial charge in [-0.05, 0) is 24.3 Å². The third-order valence-electron chi connectivity index (χ3n) is 5.30. The Morgan fingerprint density at radius 2 is 1.86 bits per heavy atom. The molecule has 0 saturated carbocycles. The summed E-state index contributed by atoms with van der Waals surface area (Å²) in [4.78, 5) is 25.9. The molecule has 0 fully saturated rings. The fraction of sp³-hybridized carbons (Fsp3) is 0.208. The Kier molecular flexibility index (Phi) is 6.97. The number of ether oxygens (including phenoxy) is 1. The molecule has 1 unspecified atom stereocenters. The number of Topliss-reactive ketones (excluding diaryl/α,β-unsaturated/α-hetero) is 1. The van der Waals surface area contributed by atoms with Gasteiger partial charge in [0, 0.05) is 38.2 Å². The summed E-state index contributed by atoms with van der Waals surface area (Å²) in [5.41, 5.74) is 2.28. The molecule has 1 aromatic carbocycles. The average molecular weight is 507 g/mol. The number of ketones is 1. The lowest BCUT2D eigenvalue weighted by molar-refractivity contribution is 0.0988. The molecule has 4 rings (SSSR count). The molecule has 11 nitrogen and oxygen atoms in total. The Morgan fingerprint density at radius 1 is 1.08 bits per heavy atom. The minimum absolute atomic E-state index is 0.0753. The first-order valence-electron chi connectivity index (χ1n) is 11.0. The third kappa shape index (κ3) is 5.33. The van der Waals surface area contributed by atoms with Gasteiger partial charge in [-0.25, -0.2) is 23.9 Å². The number of nitrogens with one attached hydrogen (secondary N) is 3. The van der Waals surface area contributed by atoms with Gasteiger partial charge in [0.25, 0.3) is 0 Å². The van der Waals surface area contributed by atoms with Gasteiger partial charge in [-0.2, -0.15) is 5.10 Å². The van der Waals surface area contributed by atoms with Crippen LogP contribution in [0.1, 0.15) is 23.7 Å². The molecule has 4 aromatic rings. The molecule has 12 heteroatoms. The Hall–Kier alpha value is -4.32. The van der Waals surface area contributed by atoms with Gasteiger partial charge in [0.15, 0.2) is 17.4 Å². The van der Waals surface area contributed by atoms with Gasteiger partial charge in [-0.1, -0.05) is 13.0 Å². The molecule has 186 valence electrons. The van der Waals surface area contributed by atoms with Crippen molar-refractivity contribution in [3.8, 4) is 17.1 Å². The summed E-state index contributed by atoms with van der Waals surface area (Å²) in [6.45, 7) is 1.79. The molecule has 0 radical (unpaired) electrons. The average Bonchev–Trinajstić information content (AvgIpc) is 3.29. The Balaban J connectivity index is 1.70. The minimum Gasteiger partial charge on any atom is -0.494 e. The normalized spacial score (nSPS) is 12.6. The van der Waals surface area contributed by atoms with E-state index in [2.05, 4.69) is 30.7 Å². The van der Waals surface area contributed by atoms with E-state index in [-0.39, 0.29) is 5.78 Å². The maximum absolute atomic E-state index is 12.7. The van der Waals surface area contributed by atoms with Gasteiger partial charge in [0.05, 0.1) is 44.2 Å². The topological polar surface area (TPSA) is 148 Å². The zero-order valence-corrected chi connectivity index (χ0v) is 21.1. The van der Waals surface area contributed by atoms with E-state index in [4.69, 9.17) is 9.52 Å². The van der Waals surface area contributed by atoms with Crippen LogP contribution in [0.5, 0.6) is 5.75 Å². The van der Waals surface area contributed by atoms with Crippen molar-refractivity contribution < 1.29 is 13.7 Å². The molecule has 36 heavy (non-hydrogen) atoms. The second kappa shape index (κ2) is 10.1. The second-order valence-electron chi connectivity index (χ2n) is 7.99. The van der Waals surface area contributed by atoms with Crippen molar-refractivity contribution in [3.05, 3.63) is 60.7 Å². The van der Waals surface area contributed by atoms with Crippen LogP contribution in [-0.2, 0) is 16.8 Å². The highest BCUT2D eigenvalue weighted by molar-refractivity contribution is 7.91. The number of hydrogen-bond acceptors (Lipinski definition) is 10. The minimum atomic E-state index is -2.86. The van der Waals surface area contributed by atoms with Crippen molar-refractivity contribution in [3.63, 3.8) is 0 Å². The third-order valence-corrected chi connectivity index (χ3v) is 6.44. The second-order valence-corrected chi connectivity index (χ2v) is 10.2. The largest absolute Gasteiger partial charge is 0.494 e. The number of carbonyl (C=O) groups excluding carboxylic acids is 1. The fourth-order valence-corrected chi connectivity index (χ4v) is 4.08. The number of aryl methyl sites for hydroxylation is 1. The van der Waals surface area contributed by atoms with Crippen LogP contribution in [0.2, 0.25) is 0 Å². The van der Waals surface area contributed by atoms with E-state index in [1.165, 1.54) is 18.6 Å². The van der Waals surface area contributed by atoms with Gasteiger partial charge in [-0.3, -0.25) is 9.48 Å². The van der Waals surface area contributed by atoms with E-state index in [0.717, 1.165) is 0 Å². The zero-order chi connectivity index (χ0) is 25.9. The molecule has 1 atom stereocenters. The number of methoxy groups -OCH3 is 1. The van der Waals surface area contributed by atoms with Crippen molar-refractivity contribution in [2.75, 3.05) is 24.0 Å². The van der Waals surface area contributed by atoms with Crippen LogP contribution in [0.3, 0.4) is 0 Å². The number of nitrogens with zero attached hydrogens (tertiary/aromatic N) is 5. The summed E-state index contributed by atoms with van der Waals surface area (Å²) in [6.07, 6.45) is 6.16. The monoisotopic (exact) mass is 506 g/mol. The van der Waals surface area contributed by atoms with Crippen molar-refractivity contribution in [2.24, 2.45) is 7.05 Å². The molecule has 0 amide bonds. The standard InChI is InChI=1S/C24H26N8O3S/c1-5-20(33)17-13-27-22(30-21-10-9-15(12-26-21)36(4,25)34)11-19(17)29-18-8-6-7-16(23(18)35-3)24-28-14-32(2)31-24/h6-14,25H,5H2,1-4H3,(H2,26,27,29,30). The lowest BCUT2D eigenvalue weighted by Gasteiger charge is -2.17. The highest BCUT2D eigenvalue weighted by Gasteiger charge is 2.18. The van der Waals surface area contributed by atoms with Gasteiger partial charge in [0.2, 0.25) is 0 Å². The summed E-state index contributed by atoms with van der Waals surface area (Å²) in [5.74, 6) is 1.86. The highest BCUT2D eigenvalue weighted by Crippen LogP contribution is 2.37. The van der Waals surface area contributed by atoms with Crippen LogP contribution >= 0.6 is 0 Å². The summed E-state index contributed by atoms with van der Waals surface area (Å²) in [6, 6.07) is 10.5. The first-order valence-corrected chi connectivity index (χ1v) is 13.0. The van der Waals surface area contributed by atoms with Gasteiger partial charge >= 0.3 is 0 Å². The van der Waals surface area contributed by atoms with E-state index in [1.54, 1.807) is 50.3 Å². The molecule has 3 aromatic heterocycles. The van der Waals surface area contributed by atoms with E-state index in [9.17, 15) is 9.00 Å².